The topological polar surface area (TPSA) is 66.0 Å². The second-order valence-electron chi connectivity index (χ2n) is 7.03. The van der Waals surface area contributed by atoms with E-state index in [1.165, 1.54) is 11.3 Å². The van der Waals surface area contributed by atoms with Gasteiger partial charge in [0.25, 0.3) is 0 Å². The SMILES string of the molecule is O=C(Cc1cc(C(F)(F)F)cc(C(F)(F)F)c1)Nc1ccc2c(c1)NC(c1cscn1)N2. The molecule has 0 saturated carbocycles. The van der Waals surface area contributed by atoms with Crippen LogP contribution in [-0.4, -0.2) is 10.9 Å². The molecule has 5 nitrogen and oxygen atoms in total. The van der Waals surface area contributed by atoms with Gasteiger partial charge in [-0.15, -0.1) is 11.3 Å². The van der Waals surface area contributed by atoms with Crippen molar-refractivity contribution in [3.63, 3.8) is 0 Å². The van der Waals surface area contributed by atoms with Crippen LogP contribution in [0.5, 0.6) is 0 Å². The first-order chi connectivity index (χ1) is 15.0. The number of rotatable bonds is 4. The first-order valence-electron chi connectivity index (χ1n) is 9.12. The number of nitrogens with one attached hydrogen (secondary N) is 3. The lowest BCUT2D eigenvalue weighted by Crippen LogP contribution is -2.17. The highest BCUT2D eigenvalue weighted by atomic mass is 32.1. The molecule has 0 bridgehead atoms. The fourth-order valence-corrected chi connectivity index (χ4v) is 3.82. The maximum absolute atomic E-state index is 13.0. The number of halogens is 6. The number of hydrogen-bond acceptors (Lipinski definition) is 5. The maximum Gasteiger partial charge on any atom is 0.416 e. The van der Waals surface area contributed by atoms with E-state index in [9.17, 15) is 31.1 Å². The molecule has 168 valence electrons. The number of benzene rings is 2. The molecule has 2 aromatic carbocycles. The van der Waals surface area contributed by atoms with Gasteiger partial charge in [0, 0.05) is 11.1 Å². The van der Waals surface area contributed by atoms with Gasteiger partial charge >= 0.3 is 12.4 Å². The number of aromatic nitrogens is 1. The number of carbonyl (C=O) groups is 1. The molecular weight excluding hydrogens is 458 g/mol. The Morgan fingerprint density at radius 2 is 1.62 bits per heavy atom. The third kappa shape index (κ3) is 4.79. The van der Waals surface area contributed by atoms with Crippen LogP contribution in [0.25, 0.3) is 0 Å². The molecule has 1 aliphatic heterocycles. The molecule has 0 aliphatic carbocycles. The summed E-state index contributed by atoms with van der Waals surface area (Å²) in [5, 5.41) is 10.8. The van der Waals surface area contributed by atoms with Crippen LogP contribution in [0.3, 0.4) is 0 Å². The van der Waals surface area contributed by atoms with E-state index < -0.39 is 41.4 Å². The number of fused-ring (bicyclic) bond motifs is 1. The lowest BCUT2D eigenvalue weighted by molar-refractivity contribution is -0.143. The van der Waals surface area contributed by atoms with Crippen molar-refractivity contribution in [3.8, 4) is 0 Å². The molecular formula is C20H14F6N4OS. The van der Waals surface area contributed by atoms with Gasteiger partial charge in [0.05, 0.1) is 40.1 Å². The molecule has 2 heterocycles. The number of nitrogens with zero attached hydrogens (tertiary/aromatic N) is 1. The first-order valence-corrected chi connectivity index (χ1v) is 10.1. The van der Waals surface area contributed by atoms with E-state index >= 15 is 0 Å². The molecule has 3 N–H and O–H groups in total. The number of alkyl halides is 6. The van der Waals surface area contributed by atoms with Crippen LogP contribution >= 0.6 is 11.3 Å². The van der Waals surface area contributed by atoms with E-state index in [1.807, 2.05) is 5.38 Å². The smallest absolute Gasteiger partial charge is 0.359 e. The molecule has 0 fully saturated rings. The largest absolute Gasteiger partial charge is 0.416 e. The summed E-state index contributed by atoms with van der Waals surface area (Å²) < 4.78 is 78.0. The third-order valence-electron chi connectivity index (χ3n) is 4.66. The summed E-state index contributed by atoms with van der Waals surface area (Å²) in [6, 6.07) is 5.99. The third-order valence-corrected chi connectivity index (χ3v) is 5.27. The van der Waals surface area contributed by atoms with Crippen molar-refractivity contribution in [1.82, 2.24) is 4.98 Å². The van der Waals surface area contributed by atoms with Gasteiger partial charge in [-0.1, -0.05) is 0 Å². The van der Waals surface area contributed by atoms with Gasteiger partial charge in [-0.3, -0.25) is 4.79 Å². The lowest BCUT2D eigenvalue weighted by Gasteiger charge is -2.14. The molecule has 1 aliphatic rings. The van der Waals surface area contributed by atoms with Crippen molar-refractivity contribution in [2.24, 2.45) is 0 Å². The fourth-order valence-electron chi connectivity index (χ4n) is 3.24. The Labute approximate surface area is 181 Å². The lowest BCUT2D eigenvalue weighted by atomic mass is 10.0. The molecule has 3 aromatic rings. The van der Waals surface area contributed by atoms with E-state index in [2.05, 4.69) is 20.9 Å². The maximum atomic E-state index is 13.0. The standard InChI is InChI=1S/C20H14F6N4OS/c21-19(22,23)11-3-10(4-12(6-11)20(24,25)26)5-17(31)28-13-1-2-14-15(7-13)30-18(29-14)16-8-32-9-27-16/h1-4,6-9,18,29-30H,5H2,(H,28,31). The van der Waals surface area contributed by atoms with Crippen molar-refractivity contribution in [1.29, 1.82) is 0 Å². The van der Waals surface area contributed by atoms with Gasteiger partial charge in [0.1, 0.15) is 6.17 Å². The zero-order chi connectivity index (χ0) is 23.1. The Morgan fingerprint density at radius 1 is 0.969 bits per heavy atom. The molecule has 1 unspecified atom stereocenters. The Hall–Kier alpha value is -3.28. The molecule has 12 heteroatoms. The monoisotopic (exact) mass is 472 g/mol. The van der Waals surface area contributed by atoms with Crippen molar-refractivity contribution < 1.29 is 31.1 Å². The second-order valence-corrected chi connectivity index (χ2v) is 7.75. The van der Waals surface area contributed by atoms with Crippen molar-refractivity contribution in [2.45, 2.75) is 24.9 Å². The van der Waals surface area contributed by atoms with E-state index in [4.69, 9.17) is 0 Å². The molecule has 4 rings (SSSR count). The van der Waals surface area contributed by atoms with Gasteiger partial charge in [-0.25, -0.2) is 4.98 Å². The molecule has 1 amide bonds. The van der Waals surface area contributed by atoms with Gasteiger partial charge in [0.15, 0.2) is 0 Å². The van der Waals surface area contributed by atoms with Crippen LogP contribution in [0, 0.1) is 0 Å². The number of hydrogen-bond donors (Lipinski definition) is 3. The van der Waals surface area contributed by atoms with Crippen molar-refractivity contribution >= 4 is 34.3 Å². The van der Waals surface area contributed by atoms with Gasteiger partial charge in [0.2, 0.25) is 5.91 Å². The summed E-state index contributed by atoms with van der Waals surface area (Å²) in [6.45, 7) is 0. The number of carbonyl (C=O) groups excluding carboxylic acids is 1. The summed E-state index contributed by atoms with van der Waals surface area (Å²) in [5.74, 6) is -0.751. The Balaban J connectivity index is 1.49. The summed E-state index contributed by atoms with van der Waals surface area (Å²) in [4.78, 5) is 16.5. The van der Waals surface area contributed by atoms with Crippen molar-refractivity contribution in [3.05, 3.63) is 69.7 Å². The van der Waals surface area contributed by atoms with Crippen LogP contribution in [0.2, 0.25) is 0 Å². The first kappa shape index (κ1) is 21.9. The van der Waals surface area contributed by atoms with Crippen LogP contribution in [0.1, 0.15) is 28.6 Å². The fraction of sp³-hybridized carbons (Fsp3) is 0.200. The normalized spacial score (nSPS) is 15.6. The average Bonchev–Trinajstić information content (AvgIpc) is 3.35. The quantitative estimate of drug-likeness (QED) is 0.414. The Morgan fingerprint density at radius 3 is 2.22 bits per heavy atom. The van der Waals surface area contributed by atoms with Gasteiger partial charge in [-0.2, -0.15) is 26.3 Å². The minimum Gasteiger partial charge on any atom is -0.359 e. The van der Waals surface area contributed by atoms with E-state index in [0.29, 0.717) is 23.5 Å². The second kappa shape index (κ2) is 8.01. The van der Waals surface area contributed by atoms with Gasteiger partial charge < -0.3 is 16.0 Å². The number of anilines is 3. The zero-order valence-electron chi connectivity index (χ0n) is 15.9. The molecule has 0 saturated heterocycles. The Kier molecular flexibility index (Phi) is 5.49. The highest BCUT2D eigenvalue weighted by Crippen LogP contribution is 2.38. The Bertz CT molecular complexity index is 1110. The molecule has 0 radical (unpaired) electrons. The van der Waals surface area contributed by atoms with Crippen LogP contribution < -0.4 is 16.0 Å². The minimum atomic E-state index is -4.97. The molecule has 0 spiro atoms. The van der Waals surface area contributed by atoms with E-state index in [-0.39, 0.29) is 12.2 Å². The van der Waals surface area contributed by atoms with Crippen LogP contribution in [0.4, 0.5) is 43.4 Å². The zero-order valence-corrected chi connectivity index (χ0v) is 16.8. The van der Waals surface area contributed by atoms with E-state index in [0.717, 1.165) is 11.4 Å². The van der Waals surface area contributed by atoms with E-state index in [1.54, 1.807) is 23.7 Å². The highest BCUT2D eigenvalue weighted by molar-refractivity contribution is 7.07. The predicted octanol–water partition coefficient (Wildman–Crippen LogP) is 5.90. The molecule has 1 atom stereocenters. The van der Waals surface area contributed by atoms with Crippen LogP contribution in [-0.2, 0) is 23.6 Å². The van der Waals surface area contributed by atoms with Crippen LogP contribution in [0.15, 0.2) is 47.3 Å². The van der Waals surface area contributed by atoms with Gasteiger partial charge in [-0.05, 0) is 42.0 Å². The summed E-state index contributed by atoms with van der Waals surface area (Å²) in [5.41, 5.74) is 0.909. The number of thiazole rings is 1. The molecule has 32 heavy (non-hydrogen) atoms. The molecule has 1 aromatic heterocycles. The summed E-state index contributed by atoms with van der Waals surface area (Å²) in [7, 11) is 0. The number of amides is 1. The van der Waals surface area contributed by atoms with Crippen molar-refractivity contribution in [2.75, 3.05) is 16.0 Å². The highest BCUT2D eigenvalue weighted by Gasteiger charge is 2.37. The summed E-state index contributed by atoms with van der Waals surface area (Å²) >= 11 is 1.43. The summed E-state index contributed by atoms with van der Waals surface area (Å²) in [6.07, 6.45) is -10.9. The predicted molar refractivity (Wildman–Crippen MR) is 107 cm³/mol. The minimum absolute atomic E-state index is 0.0271. The average molecular weight is 472 g/mol.